The fraction of sp³-hybridized carbons (Fsp3) is 0.550. The molecule has 2 aromatic heterocycles. The molecule has 0 bridgehead atoms. The van der Waals surface area contributed by atoms with Crippen LogP contribution < -0.4 is 10.7 Å². The molecule has 12 heteroatoms. The summed E-state index contributed by atoms with van der Waals surface area (Å²) < 4.78 is 50.2. The second-order valence-electron chi connectivity index (χ2n) is 7.92. The molecule has 0 spiro atoms. The lowest BCUT2D eigenvalue weighted by Crippen LogP contribution is -2.61. The van der Waals surface area contributed by atoms with E-state index in [0.717, 1.165) is 0 Å². The van der Waals surface area contributed by atoms with Gasteiger partial charge in [-0.1, -0.05) is 0 Å². The molecule has 9 nitrogen and oxygen atoms in total. The van der Waals surface area contributed by atoms with Crippen molar-refractivity contribution < 1.29 is 17.9 Å². The predicted octanol–water partition coefficient (Wildman–Crippen LogP) is 1.81. The van der Waals surface area contributed by atoms with Gasteiger partial charge in [-0.15, -0.1) is 0 Å². The lowest BCUT2D eigenvalue weighted by atomic mass is 9.89. The van der Waals surface area contributed by atoms with Crippen LogP contribution in [-0.2, 0) is 4.74 Å². The van der Waals surface area contributed by atoms with Crippen molar-refractivity contribution >= 4 is 5.82 Å². The molecule has 0 amide bonds. The smallest absolute Gasteiger partial charge is 0.360 e. The predicted molar refractivity (Wildman–Crippen MR) is 109 cm³/mol. The maximum absolute atomic E-state index is 14.2. The van der Waals surface area contributed by atoms with Crippen LogP contribution in [0.4, 0.5) is 19.0 Å². The zero-order chi connectivity index (χ0) is 22.7. The molecule has 0 aliphatic carbocycles. The summed E-state index contributed by atoms with van der Waals surface area (Å²) in [6, 6.07) is 4.77. The second-order valence-corrected chi connectivity index (χ2v) is 7.92. The number of aromatic nitrogens is 3. The van der Waals surface area contributed by atoms with Crippen LogP contribution in [0.15, 0.2) is 36.9 Å². The van der Waals surface area contributed by atoms with E-state index in [1.54, 1.807) is 17.0 Å². The molecule has 4 rings (SSSR count). The Bertz CT molecular complexity index is 908. The molecule has 2 saturated heterocycles. The first kappa shape index (κ1) is 22.5. The summed E-state index contributed by atoms with van der Waals surface area (Å²) in [6.45, 7) is 1.34. The Labute approximate surface area is 183 Å². The molecular formula is C20H25F3N8O. The van der Waals surface area contributed by atoms with Crippen molar-refractivity contribution in [3.63, 3.8) is 0 Å². The van der Waals surface area contributed by atoms with Gasteiger partial charge in [-0.05, 0) is 25.6 Å². The maximum atomic E-state index is 14.2. The molecule has 4 heterocycles. The van der Waals surface area contributed by atoms with Crippen LogP contribution in [0.25, 0.3) is 0 Å². The normalized spacial score (nSPS) is 27.2. The van der Waals surface area contributed by atoms with Crippen molar-refractivity contribution in [2.45, 2.75) is 31.0 Å². The monoisotopic (exact) mass is 450 g/mol. The van der Waals surface area contributed by atoms with E-state index in [2.05, 4.69) is 20.7 Å². The summed E-state index contributed by atoms with van der Waals surface area (Å²) >= 11 is 0. The molecule has 2 N–H and O–H groups in total. The van der Waals surface area contributed by atoms with E-state index in [-0.39, 0.29) is 24.5 Å². The van der Waals surface area contributed by atoms with Crippen molar-refractivity contribution in [1.82, 2.24) is 29.8 Å². The number of morpholine rings is 1. The zero-order valence-electron chi connectivity index (χ0n) is 17.5. The van der Waals surface area contributed by atoms with Gasteiger partial charge in [-0.25, -0.2) is 9.97 Å². The number of rotatable bonds is 5. The SMILES string of the molecule is CN(C1CC(n2cccc2)N(Nc2cnc(C#N)cn2)CC1C(F)(F)F)[C@H]1CNCCO1. The minimum absolute atomic E-state index is 0.132. The van der Waals surface area contributed by atoms with Crippen LogP contribution in [-0.4, -0.2) is 76.2 Å². The van der Waals surface area contributed by atoms with Gasteiger partial charge in [0, 0.05) is 38.1 Å². The van der Waals surface area contributed by atoms with Gasteiger partial charge in [0.2, 0.25) is 0 Å². The highest BCUT2D eigenvalue weighted by Gasteiger charge is 2.52. The molecule has 32 heavy (non-hydrogen) atoms. The minimum atomic E-state index is -4.40. The van der Waals surface area contributed by atoms with Gasteiger partial charge in [0.1, 0.15) is 18.5 Å². The van der Waals surface area contributed by atoms with E-state index in [1.807, 2.05) is 35.2 Å². The van der Waals surface area contributed by atoms with Crippen molar-refractivity contribution in [3.8, 4) is 6.07 Å². The number of alkyl halides is 3. The Morgan fingerprint density at radius 1 is 1.28 bits per heavy atom. The minimum Gasteiger partial charge on any atom is -0.360 e. The first-order valence-electron chi connectivity index (χ1n) is 10.4. The Hall–Kier alpha value is -2.72. The standard InChI is InChI=1S/C20H25F3N8O/c1-29(19-12-25-4-7-32-19)16-8-18(30-5-2-3-6-30)31(13-15(16)20(21,22)23)28-17-11-26-14(9-24)10-27-17/h2-3,5-6,10-11,15-16,18-19,25H,4,7-8,12-13H2,1H3,(H,27,28)/t15?,16?,18?,19-/m1/s1. The van der Waals surface area contributed by atoms with Crippen LogP contribution in [0.5, 0.6) is 0 Å². The van der Waals surface area contributed by atoms with Gasteiger partial charge < -0.3 is 14.6 Å². The van der Waals surface area contributed by atoms with E-state index < -0.39 is 30.5 Å². The number of likely N-dealkylation sites (N-methyl/N-ethyl adjacent to an activating group) is 1. The summed E-state index contributed by atoms with van der Waals surface area (Å²) in [7, 11) is 1.70. The van der Waals surface area contributed by atoms with Crippen molar-refractivity contribution in [1.29, 1.82) is 5.26 Å². The third-order valence-corrected chi connectivity index (χ3v) is 5.97. The van der Waals surface area contributed by atoms with Gasteiger partial charge >= 0.3 is 6.18 Å². The Morgan fingerprint density at radius 2 is 2.06 bits per heavy atom. The molecule has 3 unspecified atom stereocenters. The van der Waals surface area contributed by atoms with Crippen molar-refractivity contribution in [2.75, 3.05) is 38.7 Å². The summed E-state index contributed by atoms with van der Waals surface area (Å²) in [6.07, 6.45) is 1.26. The van der Waals surface area contributed by atoms with E-state index in [0.29, 0.717) is 19.7 Å². The molecule has 4 atom stereocenters. The van der Waals surface area contributed by atoms with E-state index in [1.165, 1.54) is 12.4 Å². The number of nitrogens with zero attached hydrogens (tertiary/aromatic N) is 6. The molecule has 0 aromatic carbocycles. The Kier molecular flexibility index (Phi) is 6.61. The van der Waals surface area contributed by atoms with Crippen LogP contribution in [0, 0.1) is 17.2 Å². The van der Waals surface area contributed by atoms with Gasteiger partial charge in [0.15, 0.2) is 11.5 Å². The average molecular weight is 450 g/mol. The number of hydrogen-bond donors (Lipinski definition) is 2. The highest BCUT2D eigenvalue weighted by atomic mass is 19.4. The number of piperidine rings is 1. The molecular weight excluding hydrogens is 425 g/mol. The summed E-state index contributed by atoms with van der Waals surface area (Å²) in [5, 5.41) is 13.6. The molecule has 2 aliphatic rings. The molecule has 0 saturated carbocycles. The third kappa shape index (κ3) is 4.86. The zero-order valence-corrected chi connectivity index (χ0v) is 17.5. The summed E-state index contributed by atoms with van der Waals surface area (Å²) in [5.74, 6) is -1.34. The third-order valence-electron chi connectivity index (χ3n) is 5.97. The number of ether oxygens (including phenoxy) is 1. The Morgan fingerprint density at radius 3 is 2.66 bits per heavy atom. The van der Waals surface area contributed by atoms with E-state index >= 15 is 0 Å². The van der Waals surface area contributed by atoms with E-state index in [4.69, 9.17) is 10.00 Å². The van der Waals surface area contributed by atoms with Crippen LogP contribution in [0.1, 0.15) is 18.3 Å². The molecule has 2 aromatic rings. The largest absolute Gasteiger partial charge is 0.394 e. The van der Waals surface area contributed by atoms with Crippen molar-refractivity contribution in [2.24, 2.45) is 5.92 Å². The lowest BCUT2D eigenvalue weighted by molar-refractivity contribution is -0.222. The van der Waals surface area contributed by atoms with Crippen LogP contribution in [0.2, 0.25) is 0 Å². The van der Waals surface area contributed by atoms with Crippen LogP contribution in [0.3, 0.4) is 0 Å². The van der Waals surface area contributed by atoms with Gasteiger partial charge in [-0.3, -0.25) is 10.3 Å². The first-order chi connectivity index (χ1) is 15.4. The molecule has 2 aliphatic heterocycles. The van der Waals surface area contributed by atoms with Crippen LogP contribution >= 0.6 is 0 Å². The molecule has 0 radical (unpaired) electrons. The van der Waals surface area contributed by atoms with Gasteiger partial charge in [-0.2, -0.15) is 23.4 Å². The lowest BCUT2D eigenvalue weighted by Gasteiger charge is -2.49. The summed E-state index contributed by atoms with van der Waals surface area (Å²) in [5.41, 5.74) is 3.11. The number of halogens is 3. The molecule has 2 fully saturated rings. The fourth-order valence-electron chi connectivity index (χ4n) is 4.30. The number of hydrazine groups is 1. The quantitative estimate of drug-likeness (QED) is 0.713. The number of nitrogens with one attached hydrogen (secondary N) is 2. The average Bonchev–Trinajstić information content (AvgIpc) is 3.33. The number of nitriles is 1. The highest BCUT2D eigenvalue weighted by Crippen LogP contribution is 2.41. The first-order valence-corrected chi connectivity index (χ1v) is 10.4. The number of hydrogen-bond acceptors (Lipinski definition) is 8. The fourth-order valence-corrected chi connectivity index (χ4v) is 4.30. The number of anilines is 1. The van der Waals surface area contributed by atoms with E-state index in [9.17, 15) is 13.2 Å². The highest BCUT2D eigenvalue weighted by molar-refractivity contribution is 5.32. The second kappa shape index (κ2) is 9.41. The topological polar surface area (TPSA) is 94.3 Å². The van der Waals surface area contributed by atoms with Crippen molar-refractivity contribution in [3.05, 3.63) is 42.6 Å². The van der Waals surface area contributed by atoms with Gasteiger partial charge in [0.05, 0.1) is 24.9 Å². The van der Waals surface area contributed by atoms with Gasteiger partial charge in [0.25, 0.3) is 0 Å². The molecule has 172 valence electrons. The summed E-state index contributed by atoms with van der Waals surface area (Å²) in [4.78, 5) is 9.76. The maximum Gasteiger partial charge on any atom is 0.394 e. The Balaban J connectivity index is 1.62.